The molecule has 0 amide bonds. The summed E-state index contributed by atoms with van der Waals surface area (Å²) in [5.74, 6) is 0.880. The Morgan fingerprint density at radius 2 is 1.88 bits per heavy atom. The van der Waals surface area contributed by atoms with Crippen LogP contribution in [0, 0.1) is 0 Å². The number of nitrogens with zero attached hydrogens (tertiary/aromatic N) is 3. The molecular formula is C19H33N5. The number of nitrogens with one attached hydrogen (secondary N) is 2. The SMILES string of the molecule is CN=C(NCCN1CCCCC1)NCc1cccc(CN(C)C)c1. The van der Waals surface area contributed by atoms with E-state index in [0.29, 0.717) is 0 Å². The fourth-order valence-electron chi connectivity index (χ4n) is 3.12. The van der Waals surface area contributed by atoms with Gasteiger partial charge in [0.1, 0.15) is 0 Å². The maximum atomic E-state index is 4.32. The molecule has 0 aromatic heterocycles. The van der Waals surface area contributed by atoms with Gasteiger partial charge in [-0.3, -0.25) is 4.99 Å². The molecule has 1 aromatic rings. The highest BCUT2D eigenvalue weighted by atomic mass is 15.2. The first kappa shape index (κ1) is 18.7. The lowest BCUT2D eigenvalue weighted by Gasteiger charge is -2.26. The van der Waals surface area contributed by atoms with Gasteiger partial charge >= 0.3 is 0 Å². The zero-order valence-electron chi connectivity index (χ0n) is 15.5. The molecule has 134 valence electrons. The van der Waals surface area contributed by atoms with Crippen molar-refractivity contribution < 1.29 is 0 Å². The second-order valence-electron chi connectivity index (χ2n) is 6.81. The average molecular weight is 332 g/mol. The molecule has 5 heteroatoms. The Bertz CT molecular complexity index is 506. The Morgan fingerprint density at radius 3 is 2.58 bits per heavy atom. The van der Waals surface area contributed by atoms with Crippen molar-refractivity contribution in [1.82, 2.24) is 20.4 Å². The van der Waals surface area contributed by atoms with Gasteiger partial charge in [0.25, 0.3) is 0 Å². The topological polar surface area (TPSA) is 42.9 Å². The summed E-state index contributed by atoms with van der Waals surface area (Å²) in [6.45, 7) is 6.29. The van der Waals surface area contributed by atoms with Crippen molar-refractivity contribution in [2.45, 2.75) is 32.4 Å². The monoisotopic (exact) mass is 331 g/mol. The van der Waals surface area contributed by atoms with Crippen LogP contribution in [-0.2, 0) is 13.1 Å². The van der Waals surface area contributed by atoms with E-state index in [1.807, 2.05) is 7.05 Å². The van der Waals surface area contributed by atoms with Crippen LogP contribution in [0.1, 0.15) is 30.4 Å². The minimum absolute atomic E-state index is 0.796. The van der Waals surface area contributed by atoms with Crippen LogP contribution in [0.4, 0.5) is 0 Å². The highest BCUT2D eigenvalue weighted by Gasteiger charge is 2.09. The molecule has 24 heavy (non-hydrogen) atoms. The first-order valence-corrected chi connectivity index (χ1v) is 9.07. The number of piperidine rings is 1. The molecular weight excluding hydrogens is 298 g/mol. The fourth-order valence-corrected chi connectivity index (χ4v) is 3.12. The summed E-state index contributed by atoms with van der Waals surface area (Å²) < 4.78 is 0. The summed E-state index contributed by atoms with van der Waals surface area (Å²) >= 11 is 0. The minimum atomic E-state index is 0.796. The Morgan fingerprint density at radius 1 is 1.12 bits per heavy atom. The van der Waals surface area contributed by atoms with Crippen LogP contribution in [-0.4, -0.2) is 63.1 Å². The number of guanidine groups is 1. The summed E-state index contributed by atoms with van der Waals surface area (Å²) in [6.07, 6.45) is 4.08. The van der Waals surface area contributed by atoms with Crippen LogP contribution in [0.3, 0.4) is 0 Å². The second kappa shape index (κ2) is 10.3. The maximum absolute atomic E-state index is 4.32. The lowest BCUT2D eigenvalue weighted by Crippen LogP contribution is -2.42. The molecule has 2 rings (SSSR count). The zero-order valence-corrected chi connectivity index (χ0v) is 15.5. The van der Waals surface area contributed by atoms with Crippen molar-refractivity contribution in [1.29, 1.82) is 0 Å². The molecule has 2 N–H and O–H groups in total. The molecule has 1 heterocycles. The predicted octanol–water partition coefficient (Wildman–Crippen LogP) is 1.90. The van der Waals surface area contributed by atoms with E-state index in [2.05, 4.69) is 63.8 Å². The van der Waals surface area contributed by atoms with Crippen LogP contribution in [0.5, 0.6) is 0 Å². The Balaban J connectivity index is 1.72. The van der Waals surface area contributed by atoms with Crippen molar-refractivity contribution in [3.63, 3.8) is 0 Å². The minimum Gasteiger partial charge on any atom is -0.355 e. The summed E-state index contributed by atoms with van der Waals surface area (Å²) in [6, 6.07) is 8.72. The molecule has 1 aromatic carbocycles. The highest BCUT2D eigenvalue weighted by Crippen LogP contribution is 2.08. The molecule has 0 radical (unpaired) electrons. The number of likely N-dealkylation sites (tertiary alicyclic amines) is 1. The number of benzene rings is 1. The summed E-state index contributed by atoms with van der Waals surface area (Å²) in [7, 11) is 6.02. The molecule has 1 saturated heterocycles. The van der Waals surface area contributed by atoms with E-state index in [1.54, 1.807) is 0 Å². The number of rotatable bonds is 7. The molecule has 1 fully saturated rings. The van der Waals surface area contributed by atoms with Crippen molar-refractivity contribution in [3.05, 3.63) is 35.4 Å². The summed E-state index contributed by atoms with van der Waals surface area (Å²) in [5.41, 5.74) is 2.63. The van der Waals surface area contributed by atoms with Gasteiger partial charge in [-0.15, -0.1) is 0 Å². The van der Waals surface area contributed by atoms with Crippen LogP contribution < -0.4 is 10.6 Å². The lowest BCUT2D eigenvalue weighted by molar-refractivity contribution is 0.232. The lowest BCUT2D eigenvalue weighted by atomic mass is 10.1. The van der Waals surface area contributed by atoms with Crippen molar-refractivity contribution in [2.24, 2.45) is 4.99 Å². The Labute approximate surface area is 147 Å². The van der Waals surface area contributed by atoms with Crippen LogP contribution in [0.2, 0.25) is 0 Å². The van der Waals surface area contributed by atoms with Crippen LogP contribution in [0.15, 0.2) is 29.3 Å². The largest absolute Gasteiger partial charge is 0.355 e. The predicted molar refractivity (Wildman–Crippen MR) is 102 cm³/mol. The standard InChI is InChI=1S/C19H33N5/c1-20-19(21-10-13-24-11-5-4-6-12-24)22-15-17-8-7-9-18(14-17)16-23(2)3/h7-9,14H,4-6,10-13,15-16H2,1-3H3,(H2,20,21,22). The maximum Gasteiger partial charge on any atom is 0.191 e. The zero-order chi connectivity index (χ0) is 17.2. The van der Waals surface area contributed by atoms with Crippen LogP contribution >= 0.6 is 0 Å². The van der Waals surface area contributed by atoms with Gasteiger partial charge < -0.3 is 20.4 Å². The van der Waals surface area contributed by atoms with E-state index >= 15 is 0 Å². The van der Waals surface area contributed by atoms with Gasteiger partial charge in [0.05, 0.1) is 0 Å². The van der Waals surface area contributed by atoms with Crippen molar-refractivity contribution in [3.8, 4) is 0 Å². The molecule has 0 unspecified atom stereocenters. The molecule has 0 atom stereocenters. The van der Waals surface area contributed by atoms with Gasteiger partial charge in [-0.05, 0) is 51.2 Å². The molecule has 0 aliphatic carbocycles. The van der Waals surface area contributed by atoms with Gasteiger partial charge in [-0.2, -0.15) is 0 Å². The summed E-state index contributed by atoms with van der Waals surface area (Å²) in [5, 5.41) is 6.83. The van der Waals surface area contributed by atoms with Gasteiger partial charge in [0.2, 0.25) is 0 Å². The van der Waals surface area contributed by atoms with Crippen LogP contribution in [0.25, 0.3) is 0 Å². The summed E-state index contributed by atoms with van der Waals surface area (Å²) in [4.78, 5) is 9.05. The van der Waals surface area contributed by atoms with E-state index in [-0.39, 0.29) is 0 Å². The normalized spacial score (nSPS) is 16.4. The second-order valence-corrected chi connectivity index (χ2v) is 6.81. The Kier molecular flexibility index (Phi) is 8.05. The van der Waals surface area contributed by atoms with Gasteiger partial charge in [-0.1, -0.05) is 30.7 Å². The fraction of sp³-hybridized carbons (Fsp3) is 0.632. The number of aliphatic imine (C=N–C) groups is 1. The third-order valence-corrected chi connectivity index (χ3v) is 4.34. The molecule has 1 aliphatic heterocycles. The third-order valence-electron chi connectivity index (χ3n) is 4.34. The average Bonchev–Trinajstić information content (AvgIpc) is 2.58. The van der Waals surface area contributed by atoms with E-state index in [0.717, 1.165) is 32.1 Å². The van der Waals surface area contributed by atoms with E-state index in [9.17, 15) is 0 Å². The molecule has 1 aliphatic rings. The highest BCUT2D eigenvalue weighted by molar-refractivity contribution is 5.79. The van der Waals surface area contributed by atoms with Crippen molar-refractivity contribution in [2.75, 3.05) is 47.3 Å². The molecule has 0 spiro atoms. The van der Waals surface area contributed by atoms with Gasteiger partial charge in [0, 0.05) is 33.2 Å². The number of hydrogen-bond acceptors (Lipinski definition) is 3. The molecule has 0 bridgehead atoms. The van der Waals surface area contributed by atoms with E-state index in [4.69, 9.17) is 0 Å². The Hall–Kier alpha value is -1.59. The van der Waals surface area contributed by atoms with E-state index in [1.165, 1.54) is 43.5 Å². The van der Waals surface area contributed by atoms with Gasteiger partial charge in [-0.25, -0.2) is 0 Å². The van der Waals surface area contributed by atoms with E-state index < -0.39 is 0 Å². The first-order chi connectivity index (χ1) is 11.7. The first-order valence-electron chi connectivity index (χ1n) is 9.07. The molecule has 5 nitrogen and oxygen atoms in total. The number of hydrogen-bond donors (Lipinski definition) is 2. The van der Waals surface area contributed by atoms with Gasteiger partial charge in [0.15, 0.2) is 5.96 Å². The quantitative estimate of drug-likeness (QED) is 0.592. The smallest absolute Gasteiger partial charge is 0.191 e. The third kappa shape index (κ3) is 6.89. The van der Waals surface area contributed by atoms with Crippen molar-refractivity contribution >= 4 is 5.96 Å². The molecule has 0 saturated carbocycles.